The van der Waals surface area contributed by atoms with Gasteiger partial charge in [0.05, 0.1) is 33.7 Å². The number of thiophene rings is 1. The molecule has 0 bridgehead atoms. The molecule has 1 aromatic carbocycles. The SMILES string of the molecule is COC(=O)N(C)C1CN(C(=O)Nc2ccc(-n3ccccc3=O)cc2F)C[C@H]1CNC(=O)c1ccc(Cl)s1. The van der Waals surface area contributed by atoms with Gasteiger partial charge in [-0.25, -0.2) is 14.0 Å². The summed E-state index contributed by atoms with van der Waals surface area (Å²) in [5.41, 5.74) is -0.0661. The van der Waals surface area contributed by atoms with E-state index in [1.54, 1.807) is 31.3 Å². The maximum atomic E-state index is 14.8. The van der Waals surface area contributed by atoms with Gasteiger partial charge < -0.3 is 25.2 Å². The van der Waals surface area contributed by atoms with Crippen molar-refractivity contribution >= 4 is 46.7 Å². The van der Waals surface area contributed by atoms with Crippen molar-refractivity contribution < 1.29 is 23.5 Å². The number of likely N-dealkylation sites (N-methyl/N-ethyl adjacent to an activating group) is 1. The minimum atomic E-state index is -0.715. The minimum Gasteiger partial charge on any atom is -0.453 e. The number of aromatic nitrogens is 1. The highest BCUT2D eigenvalue weighted by molar-refractivity contribution is 7.18. The van der Waals surface area contributed by atoms with Crippen LogP contribution in [-0.2, 0) is 4.74 Å². The number of rotatable bonds is 6. The number of amides is 4. The maximum Gasteiger partial charge on any atom is 0.409 e. The topological polar surface area (TPSA) is 113 Å². The molecule has 2 N–H and O–H groups in total. The molecule has 0 spiro atoms. The second-order valence-corrected chi connectivity index (χ2v) is 10.3. The van der Waals surface area contributed by atoms with E-state index in [0.717, 1.165) is 17.4 Å². The van der Waals surface area contributed by atoms with Crippen LogP contribution in [0.2, 0.25) is 4.34 Å². The number of carbonyl (C=O) groups is 3. The van der Waals surface area contributed by atoms with Gasteiger partial charge in [-0.15, -0.1) is 11.3 Å². The van der Waals surface area contributed by atoms with Gasteiger partial charge in [0.2, 0.25) is 0 Å². The molecule has 2 aromatic heterocycles. The Hall–Kier alpha value is -3.90. The van der Waals surface area contributed by atoms with Crippen molar-refractivity contribution in [3.63, 3.8) is 0 Å². The molecule has 0 radical (unpaired) electrons. The second kappa shape index (κ2) is 11.7. The molecule has 1 unspecified atom stereocenters. The summed E-state index contributed by atoms with van der Waals surface area (Å²) < 4.78 is 21.4. The van der Waals surface area contributed by atoms with Gasteiger partial charge in [-0.1, -0.05) is 17.7 Å². The Balaban J connectivity index is 1.46. The zero-order valence-corrected chi connectivity index (χ0v) is 22.1. The molecule has 3 heterocycles. The van der Waals surface area contributed by atoms with Crippen LogP contribution >= 0.6 is 22.9 Å². The van der Waals surface area contributed by atoms with E-state index in [1.807, 2.05) is 0 Å². The first-order chi connectivity index (χ1) is 18.2. The van der Waals surface area contributed by atoms with Crippen LogP contribution in [0.5, 0.6) is 0 Å². The van der Waals surface area contributed by atoms with Gasteiger partial charge in [0, 0.05) is 50.9 Å². The van der Waals surface area contributed by atoms with Crippen LogP contribution in [0.4, 0.5) is 19.7 Å². The minimum absolute atomic E-state index is 0.0630. The third kappa shape index (κ3) is 5.97. The van der Waals surface area contributed by atoms with Gasteiger partial charge >= 0.3 is 12.1 Å². The van der Waals surface area contributed by atoms with Crippen LogP contribution in [0.25, 0.3) is 5.69 Å². The van der Waals surface area contributed by atoms with Gasteiger partial charge in [-0.3, -0.25) is 14.2 Å². The first-order valence-corrected chi connectivity index (χ1v) is 12.7. The van der Waals surface area contributed by atoms with Crippen LogP contribution < -0.4 is 16.2 Å². The predicted octanol–water partition coefficient (Wildman–Crippen LogP) is 3.65. The average Bonchev–Trinajstić information content (AvgIpc) is 3.54. The van der Waals surface area contributed by atoms with E-state index in [4.69, 9.17) is 16.3 Å². The molecule has 1 aliphatic rings. The Morgan fingerprint density at radius 2 is 1.97 bits per heavy atom. The summed E-state index contributed by atoms with van der Waals surface area (Å²) >= 11 is 7.06. The first-order valence-electron chi connectivity index (χ1n) is 11.6. The normalized spacial score (nSPS) is 16.7. The lowest BCUT2D eigenvalue weighted by Crippen LogP contribution is -2.45. The molecule has 1 saturated heterocycles. The number of benzene rings is 1. The Kier molecular flexibility index (Phi) is 8.32. The number of pyridine rings is 1. The highest BCUT2D eigenvalue weighted by Crippen LogP contribution is 2.25. The van der Waals surface area contributed by atoms with E-state index >= 15 is 0 Å². The standard InChI is InChI=1S/C25H25ClFN5O5S/c1-30(25(36)37-2)19-14-31(13-15(19)12-28-23(34)20-8-9-21(26)38-20)24(35)29-18-7-6-16(11-17(18)27)32-10-4-3-5-22(32)33/h3-11,15,19H,12-14H2,1-2H3,(H,28,34)(H,29,35)/t15-,19?/m1/s1. The monoisotopic (exact) mass is 561 g/mol. The summed E-state index contributed by atoms with van der Waals surface area (Å²) in [6, 6.07) is 10.9. The van der Waals surface area contributed by atoms with Crippen LogP contribution in [0.1, 0.15) is 9.67 Å². The number of urea groups is 1. The number of nitrogens with one attached hydrogen (secondary N) is 2. The number of methoxy groups -OCH3 is 1. The van der Waals surface area contributed by atoms with E-state index < -0.39 is 24.0 Å². The molecule has 3 aromatic rings. The number of hydrogen-bond donors (Lipinski definition) is 2. The fourth-order valence-electron chi connectivity index (χ4n) is 4.28. The summed E-state index contributed by atoms with van der Waals surface area (Å²) in [5.74, 6) is -1.35. The number of likely N-dealkylation sites (tertiary alicyclic amines) is 1. The van der Waals surface area contributed by atoms with E-state index in [2.05, 4.69) is 10.6 Å². The molecule has 4 amide bonds. The van der Waals surface area contributed by atoms with Crippen molar-refractivity contribution in [2.45, 2.75) is 6.04 Å². The molecule has 1 aliphatic heterocycles. The van der Waals surface area contributed by atoms with Crippen molar-refractivity contribution in [1.29, 1.82) is 0 Å². The van der Waals surface area contributed by atoms with E-state index in [-0.39, 0.29) is 42.7 Å². The molecule has 38 heavy (non-hydrogen) atoms. The van der Waals surface area contributed by atoms with Crippen molar-refractivity contribution in [2.24, 2.45) is 5.92 Å². The Bertz CT molecular complexity index is 1410. The van der Waals surface area contributed by atoms with Crippen molar-refractivity contribution in [3.8, 4) is 5.69 Å². The fourth-order valence-corrected chi connectivity index (χ4v) is 5.24. The fraction of sp³-hybridized carbons (Fsp3) is 0.280. The lowest BCUT2D eigenvalue weighted by atomic mass is 10.0. The Morgan fingerprint density at radius 3 is 2.63 bits per heavy atom. The number of carbonyl (C=O) groups excluding carboxylic acids is 3. The maximum absolute atomic E-state index is 14.8. The summed E-state index contributed by atoms with van der Waals surface area (Å²) in [6.45, 7) is 0.517. The number of halogens is 2. The summed E-state index contributed by atoms with van der Waals surface area (Å²) in [5, 5.41) is 5.38. The molecular weight excluding hydrogens is 537 g/mol. The predicted molar refractivity (Wildman–Crippen MR) is 142 cm³/mol. The van der Waals surface area contributed by atoms with Crippen LogP contribution in [0, 0.1) is 11.7 Å². The quantitative estimate of drug-likeness (QED) is 0.477. The molecule has 2 atom stereocenters. The van der Waals surface area contributed by atoms with Crippen molar-refractivity contribution in [1.82, 2.24) is 19.7 Å². The summed E-state index contributed by atoms with van der Waals surface area (Å²) in [6.07, 6.45) is 0.931. The Labute approximate surface area is 226 Å². The zero-order valence-electron chi connectivity index (χ0n) is 20.5. The van der Waals surface area contributed by atoms with E-state index in [0.29, 0.717) is 14.9 Å². The van der Waals surface area contributed by atoms with Gasteiger partial charge in [0.15, 0.2) is 0 Å². The van der Waals surface area contributed by atoms with Crippen molar-refractivity contribution in [3.05, 3.63) is 80.1 Å². The molecular formula is C25H25ClFN5O5S. The third-order valence-corrected chi connectivity index (χ3v) is 7.50. The first kappa shape index (κ1) is 27.1. The third-order valence-electron chi connectivity index (χ3n) is 6.27. The lowest BCUT2D eigenvalue weighted by molar-refractivity contribution is 0.0936. The average molecular weight is 562 g/mol. The Morgan fingerprint density at radius 1 is 1.18 bits per heavy atom. The largest absolute Gasteiger partial charge is 0.453 e. The highest BCUT2D eigenvalue weighted by Gasteiger charge is 2.40. The summed E-state index contributed by atoms with van der Waals surface area (Å²) in [4.78, 5) is 53.0. The lowest BCUT2D eigenvalue weighted by Gasteiger charge is -2.27. The van der Waals surface area contributed by atoms with E-state index in [9.17, 15) is 23.6 Å². The van der Waals surface area contributed by atoms with Crippen molar-refractivity contribution in [2.75, 3.05) is 39.1 Å². The summed E-state index contributed by atoms with van der Waals surface area (Å²) in [7, 11) is 2.81. The number of anilines is 1. The molecule has 13 heteroatoms. The molecule has 200 valence electrons. The molecule has 4 rings (SSSR count). The number of ether oxygens (including phenoxy) is 1. The molecule has 10 nitrogen and oxygen atoms in total. The van der Waals surface area contributed by atoms with Crippen LogP contribution in [0.15, 0.2) is 59.5 Å². The van der Waals surface area contributed by atoms with Gasteiger partial charge in [0.1, 0.15) is 5.82 Å². The van der Waals surface area contributed by atoms with E-state index in [1.165, 1.54) is 45.9 Å². The number of nitrogens with zero attached hydrogens (tertiary/aromatic N) is 3. The molecule has 0 aliphatic carbocycles. The van der Waals surface area contributed by atoms with Crippen LogP contribution in [0.3, 0.4) is 0 Å². The van der Waals surface area contributed by atoms with Gasteiger partial charge in [0.25, 0.3) is 11.5 Å². The smallest absolute Gasteiger partial charge is 0.409 e. The highest BCUT2D eigenvalue weighted by atomic mass is 35.5. The molecule has 1 fully saturated rings. The second-order valence-electron chi connectivity index (χ2n) is 8.63. The molecule has 0 saturated carbocycles. The van der Waals surface area contributed by atoms with Crippen LogP contribution in [-0.4, -0.2) is 72.2 Å². The zero-order chi connectivity index (χ0) is 27.4. The van der Waals surface area contributed by atoms with Gasteiger partial charge in [-0.05, 0) is 30.3 Å². The van der Waals surface area contributed by atoms with Gasteiger partial charge in [-0.2, -0.15) is 0 Å². The number of hydrogen-bond acceptors (Lipinski definition) is 6.